The number of hydrogen-bond donors (Lipinski definition) is 1. The van der Waals surface area contributed by atoms with Gasteiger partial charge in [-0.3, -0.25) is 9.78 Å². The summed E-state index contributed by atoms with van der Waals surface area (Å²) >= 11 is 6.13. The maximum absolute atomic E-state index is 12.1. The first-order valence-corrected chi connectivity index (χ1v) is 7.21. The Morgan fingerprint density at radius 2 is 2.36 bits per heavy atom. The average molecular weight is 320 g/mol. The van der Waals surface area contributed by atoms with Gasteiger partial charge in [0, 0.05) is 18.8 Å². The number of pyridine rings is 2. The van der Waals surface area contributed by atoms with Crippen LogP contribution in [0.1, 0.15) is 16.8 Å². The number of ether oxygens (including phenoxy) is 2. The van der Waals surface area contributed by atoms with E-state index in [0.717, 1.165) is 6.42 Å². The van der Waals surface area contributed by atoms with Crippen LogP contribution in [0.25, 0.3) is 0 Å². The van der Waals surface area contributed by atoms with Gasteiger partial charge in [0.05, 0.1) is 30.7 Å². The third-order valence-electron chi connectivity index (χ3n) is 3.16. The molecule has 1 aliphatic heterocycles. The fourth-order valence-corrected chi connectivity index (χ4v) is 2.25. The first-order valence-electron chi connectivity index (χ1n) is 6.84. The van der Waals surface area contributed by atoms with Crippen molar-refractivity contribution in [3.8, 4) is 5.88 Å². The maximum Gasteiger partial charge on any atom is 0.257 e. The van der Waals surface area contributed by atoms with Crippen molar-refractivity contribution in [2.45, 2.75) is 12.5 Å². The second kappa shape index (κ2) is 6.72. The third-order valence-corrected chi connectivity index (χ3v) is 3.43. The zero-order valence-electron chi connectivity index (χ0n) is 11.7. The molecule has 2 aromatic rings. The summed E-state index contributed by atoms with van der Waals surface area (Å²) in [6.07, 6.45) is 5.39. The van der Waals surface area contributed by atoms with E-state index in [0.29, 0.717) is 35.4 Å². The van der Waals surface area contributed by atoms with Crippen molar-refractivity contribution < 1.29 is 14.3 Å². The molecule has 0 bridgehead atoms. The summed E-state index contributed by atoms with van der Waals surface area (Å²) in [5, 5.41) is 3.01. The number of carbonyl (C=O) groups is 1. The molecule has 1 aliphatic rings. The van der Waals surface area contributed by atoms with Crippen LogP contribution in [0, 0.1) is 0 Å². The molecule has 22 heavy (non-hydrogen) atoms. The van der Waals surface area contributed by atoms with Crippen LogP contribution in [0.3, 0.4) is 0 Å². The van der Waals surface area contributed by atoms with Gasteiger partial charge in [-0.15, -0.1) is 0 Å². The predicted octanol–water partition coefficient (Wildman–Crippen LogP) is 2.55. The number of amides is 1. The Balaban J connectivity index is 1.69. The zero-order chi connectivity index (χ0) is 15.4. The summed E-state index contributed by atoms with van der Waals surface area (Å²) in [4.78, 5) is 20.2. The molecule has 0 aliphatic carbocycles. The molecule has 0 spiro atoms. The number of halogens is 1. The van der Waals surface area contributed by atoms with Gasteiger partial charge in [-0.2, -0.15) is 0 Å². The van der Waals surface area contributed by atoms with Crippen LogP contribution in [0.15, 0.2) is 36.8 Å². The average Bonchev–Trinajstić information content (AvgIpc) is 3.03. The van der Waals surface area contributed by atoms with Crippen LogP contribution in [0.5, 0.6) is 5.88 Å². The van der Waals surface area contributed by atoms with Crippen molar-refractivity contribution in [1.29, 1.82) is 0 Å². The number of hydrogen-bond acceptors (Lipinski definition) is 5. The lowest BCUT2D eigenvalue weighted by Gasteiger charge is -2.12. The van der Waals surface area contributed by atoms with Gasteiger partial charge in [-0.1, -0.05) is 11.6 Å². The van der Waals surface area contributed by atoms with Crippen molar-refractivity contribution in [3.63, 3.8) is 0 Å². The lowest BCUT2D eigenvalue weighted by molar-refractivity contribution is 0.102. The molecule has 1 unspecified atom stereocenters. The van der Waals surface area contributed by atoms with Crippen molar-refractivity contribution in [2.24, 2.45) is 0 Å². The Hall–Kier alpha value is -2.18. The van der Waals surface area contributed by atoms with E-state index in [9.17, 15) is 4.79 Å². The summed E-state index contributed by atoms with van der Waals surface area (Å²) in [6, 6.07) is 5.02. The number of nitrogens with zero attached hydrogens (tertiary/aromatic N) is 2. The van der Waals surface area contributed by atoms with E-state index in [4.69, 9.17) is 21.1 Å². The summed E-state index contributed by atoms with van der Waals surface area (Å²) in [5.41, 5.74) is 0.955. The predicted molar refractivity (Wildman–Crippen MR) is 81.3 cm³/mol. The molecule has 114 valence electrons. The summed E-state index contributed by atoms with van der Waals surface area (Å²) in [5.74, 6) is 0.00763. The van der Waals surface area contributed by atoms with E-state index >= 15 is 0 Å². The molecular weight excluding hydrogens is 306 g/mol. The number of carbonyl (C=O) groups excluding carboxylic acids is 1. The minimum Gasteiger partial charge on any atom is -0.471 e. The molecule has 1 N–H and O–H groups in total. The Bertz CT molecular complexity index is 660. The highest BCUT2D eigenvalue weighted by molar-refractivity contribution is 6.32. The van der Waals surface area contributed by atoms with Crippen LogP contribution in [-0.2, 0) is 4.74 Å². The van der Waals surface area contributed by atoms with Gasteiger partial charge in [-0.25, -0.2) is 4.98 Å². The van der Waals surface area contributed by atoms with Gasteiger partial charge in [-0.05, 0) is 18.2 Å². The van der Waals surface area contributed by atoms with Gasteiger partial charge in [0.1, 0.15) is 11.1 Å². The lowest BCUT2D eigenvalue weighted by atomic mass is 10.2. The maximum atomic E-state index is 12.1. The molecule has 0 saturated carbocycles. The zero-order valence-corrected chi connectivity index (χ0v) is 12.4. The van der Waals surface area contributed by atoms with E-state index in [-0.39, 0.29) is 12.0 Å². The molecule has 3 rings (SSSR count). The second-order valence-electron chi connectivity index (χ2n) is 4.81. The second-order valence-corrected chi connectivity index (χ2v) is 5.22. The van der Waals surface area contributed by atoms with Gasteiger partial charge in [0.2, 0.25) is 5.88 Å². The van der Waals surface area contributed by atoms with Crippen molar-refractivity contribution in [1.82, 2.24) is 9.97 Å². The minimum atomic E-state index is -0.307. The Labute approximate surface area is 132 Å². The smallest absolute Gasteiger partial charge is 0.257 e. The molecule has 6 nitrogen and oxygen atoms in total. The monoisotopic (exact) mass is 319 g/mol. The summed E-state index contributed by atoms with van der Waals surface area (Å²) in [6.45, 7) is 1.20. The highest BCUT2D eigenvalue weighted by Gasteiger charge is 2.20. The van der Waals surface area contributed by atoms with Gasteiger partial charge < -0.3 is 14.8 Å². The van der Waals surface area contributed by atoms with Crippen LogP contribution < -0.4 is 10.1 Å². The van der Waals surface area contributed by atoms with Crippen molar-refractivity contribution in [3.05, 3.63) is 47.4 Å². The molecule has 0 aromatic carbocycles. The van der Waals surface area contributed by atoms with E-state index in [1.54, 1.807) is 24.5 Å². The molecule has 1 fully saturated rings. The number of rotatable bonds is 4. The van der Waals surface area contributed by atoms with Gasteiger partial charge in [0.25, 0.3) is 5.91 Å². The normalized spacial score (nSPS) is 17.2. The molecular formula is C15H14ClN3O3. The number of aromatic nitrogens is 2. The van der Waals surface area contributed by atoms with Crippen molar-refractivity contribution >= 4 is 23.2 Å². The van der Waals surface area contributed by atoms with Crippen LogP contribution in [-0.4, -0.2) is 35.2 Å². The summed E-state index contributed by atoms with van der Waals surface area (Å²) in [7, 11) is 0. The van der Waals surface area contributed by atoms with E-state index in [2.05, 4.69) is 15.3 Å². The summed E-state index contributed by atoms with van der Waals surface area (Å²) < 4.78 is 10.9. The highest BCUT2D eigenvalue weighted by atomic mass is 35.5. The molecule has 1 atom stereocenters. The molecule has 7 heteroatoms. The molecule has 3 heterocycles. The first kappa shape index (κ1) is 14.7. The van der Waals surface area contributed by atoms with E-state index < -0.39 is 0 Å². The first-order chi connectivity index (χ1) is 10.7. The largest absolute Gasteiger partial charge is 0.471 e. The Morgan fingerprint density at radius 1 is 1.45 bits per heavy atom. The third kappa shape index (κ3) is 3.52. The highest BCUT2D eigenvalue weighted by Crippen LogP contribution is 2.25. The van der Waals surface area contributed by atoms with E-state index in [1.807, 2.05) is 0 Å². The standard InChI is InChI=1S/C15H14ClN3O3/c16-13-6-10(14(20)19-11-2-1-4-17-8-11)7-18-15(13)22-12-3-5-21-9-12/h1-2,4,6-8,12H,3,5,9H2,(H,19,20). The van der Waals surface area contributed by atoms with Crippen molar-refractivity contribution in [2.75, 3.05) is 18.5 Å². The number of nitrogens with one attached hydrogen (secondary N) is 1. The SMILES string of the molecule is O=C(Nc1cccnc1)c1cnc(OC2CCOC2)c(Cl)c1. The quantitative estimate of drug-likeness (QED) is 0.937. The molecule has 0 radical (unpaired) electrons. The number of anilines is 1. The Morgan fingerprint density at radius 3 is 3.05 bits per heavy atom. The van der Waals surface area contributed by atoms with Gasteiger partial charge in [0.15, 0.2) is 0 Å². The minimum absolute atomic E-state index is 0.0416. The van der Waals surface area contributed by atoms with Crippen LogP contribution >= 0.6 is 11.6 Å². The molecule has 1 amide bonds. The molecule has 1 saturated heterocycles. The van der Waals surface area contributed by atoms with Gasteiger partial charge >= 0.3 is 0 Å². The fourth-order valence-electron chi connectivity index (χ4n) is 2.04. The Kier molecular flexibility index (Phi) is 4.50. The fraction of sp³-hybridized carbons (Fsp3) is 0.267. The molecule has 2 aromatic heterocycles. The van der Waals surface area contributed by atoms with Crippen LogP contribution in [0.4, 0.5) is 5.69 Å². The lowest BCUT2D eigenvalue weighted by Crippen LogP contribution is -2.17. The van der Waals surface area contributed by atoms with E-state index in [1.165, 1.54) is 12.3 Å². The topological polar surface area (TPSA) is 73.3 Å². The van der Waals surface area contributed by atoms with Crippen LogP contribution in [0.2, 0.25) is 5.02 Å².